The molecule has 0 saturated carbocycles. The van der Waals surface area contributed by atoms with Gasteiger partial charge in [-0.25, -0.2) is 0 Å². The van der Waals surface area contributed by atoms with Crippen molar-refractivity contribution in [2.45, 2.75) is 12.1 Å². The molecule has 2 atom stereocenters. The zero-order valence-corrected chi connectivity index (χ0v) is 9.51. The molecule has 1 aliphatic rings. The van der Waals surface area contributed by atoms with Crippen LogP contribution in [0.1, 0.15) is 28.8 Å². The van der Waals surface area contributed by atoms with E-state index < -0.39 is 6.10 Å². The largest absolute Gasteiger partial charge is 0.384 e. The van der Waals surface area contributed by atoms with Gasteiger partial charge in [0.2, 0.25) is 0 Å². The van der Waals surface area contributed by atoms with Crippen LogP contribution in [0.25, 0.3) is 0 Å². The zero-order chi connectivity index (χ0) is 11.7. The zero-order valence-electron chi connectivity index (χ0n) is 9.51. The lowest BCUT2D eigenvalue weighted by molar-refractivity contribution is 0.220. The average molecular weight is 225 g/mol. The molecule has 1 saturated heterocycles. The maximum absolute atomic E-state index is 10.2. The van der Waals surface area contributed by atoms with Crippen molar-refractivity contribution >= 4 is 0 Å². The van der Waals surface area contributed by atoms with Crippen molar-refractivity contribution in [2.24, 2.45) is 0 Å². The first kappa shape index (κ1) is 10.5. The molecule has 0 radical (unpaired) electrons. The summed E-state index contributed by atoms with van der Waals surface area (Å²) in [4.78, 5) is 0. The van der Waals surface area contributed by atoms with Crippen LogP contribution >= 0.6 is 0 Å². The van der Waals surface area contributed by atoms with E-state index in [1.807, 2.05) is 42.5 Å². The molecule has 0 aliphatic carbocycles. The average Bonchev–Trinajstić information content (AvgIpc) is 3.24. The summed E-state index contributed by atoms with van der Waals surface area (Å²) >= 11 is 0. The molecule has 2 nitrogen and oxygen atoms in total. The first-order chi connectivity index (χ1) is 8.34. The van der Waals surface area contributed by atoms with Gasteiger partial charge in [0.25, 0.3) is 0 Å². The van der Waals surface area contributed by atoms with Crippen molar-refractivity contribution in [2.75, 3.05) is 6.54 Å². The van der Waals surface area contributed by atoms with E-state index in [2.05, 4.69) is 17.4 Å². The first-order valence-electron chi connectivity index (χ1n) is 5.91. The molecule has 2 N–H and O–H groups in total. The summed E-state index contributed by atoms with van der Waals surface area (Å²) in [5, 5.41) is 13.5. The van der Waals surface area contributed by atoms with Crippen molar-refractivity contribution in [3.05, 3.63) is 71.3 Å². The molecule has 1 unspecified atom stereocenters. The Morgan fingerprint density at radius 1 is 0.941 bits per heavy atom. The topological polar surface area (TPSA) is 42.2 Å². The fourth-order valence-corrected chi connectivity index (χ4v) is 2.03. The fourth-order valence-electron chi connectivity index (χ4n) is 2.03. The Balaban J connectivity index is 1.83. The van der Waals surface area contributed by atoms with E-state index in [1.54, 1.807) is 0 Å². The van der Waals surface area contributed by atoms with Crippen molar-refractivity contribution in [1.82, 2.24) is 5.32 Å². The van der Waals surface area contributed by atoms with Gasteiger partial charge in [0.15, 0.2) is 0 Å². The van der Waals surface area contributed by atoms with Crippen LogP contribution in [0.2, 0.25) is 0 Å². The van der Waals surface area contributed by atoms with Crippen LogP contribution in [0.5, 0.6) is 0 Å². The highest BCUT2D eigenvalue weighted by atomic mass is 16.3. The van der Waals surface area contributed by atoms with Crippen LogP contribution in [-0.2, 0) is 0 Å². The molecule has 86 valence electrons. The van der Waals surface area contributed by atoms with E-state index in [-0.39, 0.29) is 0 Å². The highest BCUT2D eigenvalue weighted by Crippen LogP contribution is 2.26. The third-order valence-corrected chi connectivity index (χ3v) is 3.18. The predicted octanol–water partition coefficient (Wildman–Crippen LogP) is 2.41. The Kier molecular flexibility index (Phi) is 2.67. The number of aliphatic hydroxyl groups excluding tert-OH is 1. The van der Waals surface area contributed by atoms with Gasteiger partial charge in [0, 0.05) is 12.6 Å². The molecule has 0 aromatic heterocycles. The third-order valence-electron chi connectivity index (χ3n) is 3.18. The van der Waals surface area contributed by atoms with Crippen molar-refractivity contribution in [3.63, 3.8) is 0 Å². The number of hydrogen-bond donors (Lipinski definition) is 2. The van der Waals surface area contributed by atoms with Gasteiger partial charge < -0.3 is 10.4 Å². The molecule has 0 spiro atoms. The highest BCUT2D eigenvalue weighted by molar-refractivity contribution is 5.33. The maximum atomic E-state index is 10.2. The van der Waals surface area contributed by atoms with Crippen molar-refractivity contribution in [1.29, 1.82) is 0 Å². The minimum atomic E-state index is -0.530. The maximum Gasteiger partial charge on any atom is 0.104 e. The molecule has 1 heterocycles. The number of benzene rings is 2. The first-order valence-corrected chi connectivity index (χ1v) is 5.91. The van der Waals surface area contributed by atoms with Crippen LogP contribution in [0.3, 0.4) is 0 Å². The minimum absolute atomic E-state index is 0.526. The molecule has 2 aromatic carbocycles. The second-order valence-corrected chi connectivity index (χ2v) is 4.44. The molecule has 0 bridgehead atoms. The third kappa shape index (κ3) is 2.23. The molecule has 3 rings (SSSR count). The van der Waals surface area contributed by atoms with Crippen LogP contribution < -0.4 is 5.32 Å². The Morgan fingerprint density at radius 3 is 2.12 bits per heavy atom. The highest BCUT2D eigenvalue weighted by Gasteiger charge is 2.22. The standard InChI is InChI=1S/C15H15NO/c17-15(12-4-2-1-3-5-12)13-8-6-11(7-9-13)14-10-16-14/h1-9,14-17H,10H2/t14-,15?/m1/s1. The van der Waals surface area contributed by atoms with Crippen molar-refractivity contribution < 1.29 is 5.11 Å². The minimum Gasteiger partial charge on any atom is -0.384 e. The quantitative estimate of drug-likeness (QED) is 0.788. The van der Waals surface area contributed by atoms with E-state index in [0.29, 0.717) is 6.04 Å². The van der Waals surface area contributed by atoms with Gasteiger partial charge in [0.05, 0.1) is 0 Å². The molecule has 1 fully saturated rings. The molecule has 0 amide bonds. The smallest absolute Gasteiger partial charge is 0.104 e. The molecule has 2 heteroatoms. The van der Waals surface area contributed by atoms with Crippen LogP contribution in [-0.4, -0.2) is 11.7 Å². The molecule has 1 aliphatic heterocycles. The van der Waals surface area contributed by atoms with E-state index >= 15 is 0 Å². The molecular weight excluding hydrogens is 210 g/mol. The lowest BCUT2D eigenvalue weighted by Crippen LogP contribution is -1.99. The van der Waals surface area contributed by atoms with Gasteiger partial charge in [-0.05, 0) is 16.7 Å². The van der Waals surface area contributed by atoms with Gasteiger partial charge >= 0.3 is 0 Å². The fraction of sp³-hybridized carbons (Fsp3) is 0.200. The monoisotopic (exact) mass is 225 g/mol. The van der Waals surface area contributed by atoms with Gasteiger partial charge in [-0.15, -0.1) is 0 Å². The molecule has 2 aromatic rings. The summed E-state index contributed by atoms with van der Waals surface area (Å²) in [7, 11) is 0. The Hall–Kier alpha value is -1.64. The van der Waals surface area contributed by atoms with E-state index in [9.17, 15) is 5.11 Å². The summed E-state index contributed by atoms with van der Waals surface area (Å²) in [5.74, 6) is 0. The lowest BCUT2D eigenvalue weighted by Gasteiger charge is -2.11. The lowest BCUT2D eigenvalue weighted by atomic mass is 10.00. The number of aliphatic hydroxyl groups is 1. The van der Waals surface area contributed by atoms with Crippen LogP contribution in [0.15, 0.2) is 54.6 Å². The Bertz CT molecular complexity index is 488. The SMILES string of the molecule is OC(c1ccccc1)c1ccc([C@H]2CN2)cc1. The van der Waals surface area contributed by atoms with Crippen LogP contribution in [0, 0.1) is 0 Å². The summed E-state index contributed by atoms with van der Waals surface area (Å²) in [6.45, 7) is 1.07. The summed E-state index contributed by atoms with van der Waals surface area (Å²) in [5.41, 5.74) is 3.18. The van der Waals surface area contributed by atoms with E-state index in [0.717, 1.165) is 17.7 Å². The number of hydrogen-bond acceptors (Lipinski definition) is 2. The normalized spacial score (nSPS) is 19.9. The molecular formula is C15H15NO. The predicted molar refractivity (Wildman–Crippen MR) is 67.7 cm³/mol. The van der Waals surface area contributed by atoms with Crippen molar-refractivity contribution in [3.8, 4) is 0 Å². The second kappa shape index (κ2) is 4.32. The summed E-state index contributed by atoms with van der Waals surface area (Å²) in [6, 6.07) is 18.5. The molecule has 17 heavy (non-hydrogen) atoms. The van der Waals surface area contributed by atoms with E-state index in [1.165, 1.54) is 5.56 Å². The number of nitrogens with one attached hydrogen (secondary N) is 1. The Labute approximate surface area is 101 Å². The van der Waals surface area contributed by atoms with Gasteiger partial charge in [0.1, 0.15) is 6.10 Å². The number of rotatable bonds is 3. The van der Waals surface area contributed by atoms with Crippen LogP contribution in [0.4, 0.5) is 0 Å². The second-order valence-electron chi connectivity index (χ2n) is 4.44. The summed E-state index contributed by atoms with van der Waals surface area (Å²) < 4.78 is 0. The van der Waals surface area contributed by atoms with E-state index in [4.69, 9.17) is 0 Å². The summed E-state index contributed by atoms with van der Waals surface area (Å²) in [6.07, 6.45) is -0.530. The van der Waals surface area contributed by atoms with Gasteiger partial charge in [-0.2, -0.15) is 0 Å². The van der Waals surface area contributed by atoms with Gasteiger partial charge in [-0.3, -0.25) is 0 Å². The Morgan fingerprint density at radius 2 is 1.53 bits per heavy atom. The van der Waals surface area contributed by atoms with Gasteiger partial charge in [-0.1, -0.05) is 54.6 Å².